The lowest BCUT2D eigenvalue weighted by Crippen LogP contribution is -2.48. The van der Waals surface area contributed by atoms with Gasteiger partial charge in [0.25, 0.3) is 0 Å². The lowest BCUT2D eigenvalue weighted by molar-refractivity contribution is -0.151. The summed E-state index contributed by atoms with van der Waals surface area (Å²) in [4.78, 5) is 12.8. The molecule has 126 valence electrons. The van der Waals surface area contributed by atoms with Gasteiger partial charge in [-0.1, -0.05) is 48.5 Å². The van der Waals surface area contributed by atoms with Crippen molar-refractivity contribution in [3.63, 3.8) is 0 Å². The minimum atomic E-state index is -3.73. The van der Waals surface area contributed by atoms with Gasteiger partial charge in [0.2, 0.25) is 10.0 Å². The van der Waals surface area contributed by atoms with E-state index in [4.69, 9.17) is 4.74 Å². The number of hydrogen-bond acceptors (Lipinski definition) is 4. The van der Waals surface area contributed by atoms with Crippen LogP contribution in [0.25, 0.3) is 0 Å². The Kier molecular flexibility index (Phi) is 4.43. The molecule has 3 rings (SSSR count). The summed E-state index contributed by atoms with van der Waals surface area (Å²) in [5, 5.41) is 0. The average molecular weight is 345 g/mol. The van der Waals surface area contributed by atoms with Crippen LogP contribution >= 0.6 is 0 Å². The van der Waals surface area contributed by atoms with Crippen molar-refractivity contribution in [3.05, 3.63) is 65.7 Å². The third-order valence-corrected chi connectivity index (χ3v) is 5.75. The van der Waals surface area contributed by atoms with E-state index >= 15 is 0 Å². The normalized spacial score (nSPS) is 21.2. The Morgan fingerprint density at radius 1 is 1.08 bits per heavy atom. The molecule has 0 saturated carbocycles. The van der Waals surface area contributed by atoms with Crippen LogP contribution in [0.4, 0.5) is 0 Å². The molecule has 0 radical (unpaired) electrons. The van der Waals surface area contributed by atoms with Gasteiger partial charge in [0.1, 0.15) is 0 Å². The molecule has 0 unspecified atom stereocenters. The van der Waals surface area contributed by atoms with E-state index in [0.717, 1.165) is 5.56 Å². The van der Waals surface area contributed by atoms with Gasteiger partial charge in [-0.2, -0.15) is 4.72 Å². The van der Waals surface area contributed by atoms with Gasteiger partial charge in [0.15, 0.2) is 5.54 Å². The summed E-state index contributed by atoms with van der Waals surface area (Å²) in [6.45, 7) is 1.90. The third-order valence-electron chi connectivity index (χ3n) is 4.20. The smallest absolute Gasteiger partial charge is 0.332 e. The summed E-state index contributed by atoms with van der Waals surface area (Å²) >= 11 is 0. The minimum Gasteiger partial charge on any atom is -0.464 e. The van der Waals surface area contributed by atoms with Gasteiger partial charge < -0.3 is 4.74 Å². The Balaban J connectivity index is 2.03. The Hall–Kier alpha value is -2.18. The minimum absolute atomic E-state index is 0.145. The van der Waals surface area contributed by atoms with Crippen LogP contribution in [0.1, 0.15) is 24.5 Å². The highest BCUT2D eigenvalue weighted by molar-refractivity contribution is 7.90. The number of rotatable bonds is 5. The van der Waals surface area contributed by atoms with E-state index < -0.39 is 21.5 Å². The first-order valence-electron chi connectivity index (χ1n) is 7.84. The first-order chi connectivity index (χ1) is 11.5. The first-order valence-corrected chi connectivity index (χ1v) is 9.32. The van der Waals surface area contributed by atoms with Gasteiger partial charge in [-0.25, -0.2) is 13.2 Å². The predicted octanol–water partition coefficient (Wildman–Crippen LogP) is 2.37. The SMILES string of the molecule is CCOC(=O)[C@]1(CCc2ccccc2)NS(=O)(=O)c2ccccc21. The summed E-state index contributed by atoms with van der Waals surface area (Å²) in [5.74, 6) is -0.561. The van der Waals surface area contributed by atoms with Crippen molar-refractivity contribution < 1.29 is 17.9 Å². The zero-order chi connectivity index (χ0) is 17.2. The molecule has 0 amide bonds. The monoisotopic (exact) mass is 345 g/mol. The van der Waals surface area contributed by atoms with Gasteiger partial charge >= 0.3 is 5.97 Å². The molecule has 24 heavy (non-hydrogen) atoms. The van der Waals surface area contributed by atoms with Crippen LogP contribution in [0.5, 0.6) is 0 Å². The molecule has 1 heterocycles. The molecule has 0 aromatic heterocycles. The number of carbonyl (C=O) groups excluding carboxylic acids is 1. The van der Waals surface area contributed by atoms with E-state index in [1.807, 2.05) is 30.3 Å². The third kappa shape index (κ3) is 2.83. The first kappa shape index (κ1) is 16.7. The topological polar surface area (TPSA) is 72.5 Å². The van der Waals surface area contributed by atoms with Crippen molar-refractivity contribution in [2.24, 2.45) is 0 Å². The molecule has 1 N–H and O–H groups in total. The van der Waals surface area contributed by atoms with Crippen molar-refractivity contribution in [1.82, 2.24) is 4.72 Å². The zero-order valence-electron chi connectivity index (χ0n) is 13.4. The molecule has 1 aliphatic heterocycles. The number of sulfonamides is 1. The van der Waals surface area contributed by atoms with Gasteiger partial charge in [-0.15, -0.1) is 0 Å². The number of aryl methyl sites for hydroxylation is 1. The average Bonchev–Trinajstić information content (AvgIpc) is 2.83. The van der Waals surface area contributed by atoms with E-state index in [2.05, 4.69) is 4.72 Å². The number of esters is 1. The number of nitrogens with one attached hydrogen (secondary N) is 1. The van der Waals surface area contributed by atoms with Crippen LogP contribution in [-0.4, -0.2) is 21.0 Å². The second-order valence-electron chi connectivity index (χ2n) is 5.71. The van der Waals surface area contributed by atoms with Gasteiger partial charge in [-0.05, 0) is 31.4 Å². The van der Waals surface area contributed by atoms with Crippen molar-refractivity contribution >= 4 is 16.0 Å². The quantitative estimate of drug-likeness (QED) is 0.845. The Bertz CT molecular complexity index is 848. The van der Waals surface area contributed by atoms with Crippen molar-refractivity contribution in [3.8, 4) is 0 Å². The van der Waals surface area contributed by atoms with E-state index in [-0.39, 0.29) is 11.5 Å². The largest absolute Gasteiger partial charge is 0.464 e. The second kappa shape index (κ2) is 6.37. The molecule has 0 bridgehead atoms. The lowest BCUT2D eigenvalue weighted by Gasteiger charge is -2.27. The van der Waals surface area contributed by atoms with Crippen LogP contribution in [-0.2, 0) is 31.5 Å². The summed E-state index contributed by atoms with van der Waals surface area (Å²) in [6.07, 6.45) is 0.850. The fourth-order valence-electron chi connectivity index (χ4n) is 3.06. The molecule has 0 spiro atoms. The molecule has 0 fully saturated rings. The molecule has 1 atom stereocenters. The fraction of sp³-hybridized carbons (Fsp3) is 0.278. The number of benzene rings is 2. The fourth-order valence-corrected chi connectivity index (χ4v) is 4.72. The molecule has 2 aromatic carbocycles. The Morgan fingerprint density at radius 2 is 1.75 bits per heavy atom. The van der Waals surface area contributed by atoms with Crippen LogP contribution in [0.2, 0.25) is 0 Å². The van der Waals surface area contributed by atoms with E-state index in [1.54, 1.807) is 25.1 Å². The molecular formula is C18H19NO4S. The van der Waals surface area contributed by atoms with Crippen molar-refractivity contribution in [2.45, 2.75) is 30.2 Å². The number of fused-ring (bicyclic) bond motifs is 1. The van der Waals surface area contributed by atoms with Crippen LogP contribution < -0.4 is 4.72 Å². The Labute approximate surface area is 141 Å². The number of carbonyl (C=O) groups is 1. The molecule has 2 aromatic rings. The molecule has 0 aliphatic carbocycles. The second-order valence-corrected chi connectivity index (χ2v) is 7.36. The summed E-state index contributed by atoms with van der Waals surface area (Å²) in [5.41, 5.74) is 0.116. The maximum Gasteiger partial charge on any atom is 0.332 e. The molecule has 6 heteroatoms. The van der Waals surface area contributed by atoms with E-state index in [1.165, 1.54) is 6.07 Å². The molecule has 1 aliphatic rings. The van der Waals surface area contributed by atoms with Crippen molar-refractivity contribution in [1.29, 1.82) is 0 Å². The van der Waals surface area contributed by atoms with E-state index in [0.29, 0.717) is 18.4 Å². The van der Waals surface area contributed by atoms with Crippen LogP contribution in [0.3, 0.4) is 0 Å². The van der Waals surface area contributed by atoms with Crippen LogP contribution in [0.15, 0.2) is 59.5 Å². The summed E-state index contributed by atoms with van der Waals surface area (Å²) in [7, 11) is -3.73. The maximum atomic E-state index is 12.7. The highest BCUT2D eigenvalue weighted by atomic mass is 32.2. The standard InChI is InChI=1S/C18H19NO4S/c1-2-23-17(20)18(13-12-14-8-4-3-5-9-14)15-10-6-7-11-16(15)24(21,22)19-18/h3-11,19H,2,12-13H2,1H3/t18-/m1/s1. The highest BCUT2D eigenvalue weighted by Gasteiger charge is 2.52. The maximum absolute atomic E-state index is 12.7. The van der Waals surface area contributed by atoms with Gasteiger partial charge in [-0.3, -0.25) is 0 Å². The summed E-state index contributed by atoms with van der Waals surface area (Å²) < 4.78 is 32.7. The van der Waals surface area contributed by atoms with E-state index in [9.17, 15) is 13.2 Å². The molecule has 5 nitrogen and oxygen atoms in total. The number of ether oxygens (including phenoxy) is 1. The van der Waals surface area contributed by atoms with Gasteiger partial charge in [0, 0.05) is 5.56 Å². The van der Waals surface area contributed by atoms with Crippen LogP contribution in [0, 0.1) is 0 Å². The van der Waals surface area contributed by atoms with Gasteiger partial charge in [0.05, 0.1) is 11.5 Å². The number of hydrogen-bond donors (Lipinski definition) is 1. The summed E-state index contributed by atoms with van der Waals surface area (Å²) in [6, 6.07) is 16.2. The lowest BCUT2D eigenvalue weighted by atomic mass is 9.85. The van der Waals surface area contributed by atoms with Crippen molar-refractivity contribution in [2.75, 3.05) is 6.61 Å². The molecule has 0 saturated heterocycles. The Morgan fingerprint density at radius 3 is 2.46 bits per heavy atom. The highest BCUT2D eigenvalue weighted by Crippen LogP contribution is 2.39. The zero-order valence-corrected chi connectivity index (χ0v) is 14.2. The predicted molar refractivity (Wildman–Crippen MR) is 89.8 cm³/mol. The molecular weight excluding hydrogens is 326 g/mol.